The molecule has 1 fully saturated rings. The molecule has 1 N–H and O–H groups in total. The van der Waals surface area contributed by atoms with Gasteiger partial charge in [0, 0.05) is 17.0 Å². The second kappa shape index (κ2) is 6.48. The lowest BCUT2D eigenvalue weighted by Gasteiger charge is -2.31. The van der Waals surface area contributed by atoms with Crippen molar-refractivity contribution in [1.82, 2.24) is 4.90 Å². The van der Waals surface area contributed by atoms with Gasteiger partial charge in [0.05, 0.1) is 0 Å². The first-order chi connectivity index (χ1) is 10.3. The van der Waals surface area contributed by atoms with Crippen molar-refractivity contribution in [3.63, 3.8) is 0 Å². The van der Waals surface area contributed by atoms with Crippen LogP contribution in [0.15, 0.2) is 36.4 Å². The van der Waals surface area contributed by atoms with Crippen molar-refractivity contribution in [1.29, 1.82) is 0 Å². The molecule has 1 heterocycles. The normalized spacial score (nSPS) is 19.1. The number of fused-ring (bicyclic) bond motifs is 1. The van der Waals surface area contributed by atoms with Crippen LogP contribution >= 0.6 is 0 Å². The number of benzene rings is 2. The SMILES string of the molecule is CC(c1ccc2ccccc2c1O)N1CCCCCCC1. The van der Waals surface area contributed by atoms with Crippen LogP contribution in [0.2, 0.25) is 0 Å². The van der Waals surface area contributed by atoms with Gasteiger partial charge in [0.1, 0.15) is 5.75 Å². The maximum atomic E-state index is 10.6. The largest absolute Gasteiger partial charge is 0.507 e. The number of hydrogen-bond acceptors (Lipinski definition) is 2. The van der Waals surface area contributed by atoms with Crippen molar-refractivity contribution in [3.05, 3.63) is 42.0 Å². The number of likely N-dealkylation sites (tertiary alicyclic amines) is 1. The van der Waals surface area contributed by atoms with E-state index in [4.69, 9.17) is 0 Å². The van der Waals surface area contributed by atoms with Crippen molar-refractivity contribution < 1.29 is 5.11 Å². The van der Waals surface area contributed by atoms with Gasteiger partial charge in [-0.15, -0.1) is 0 Å². The first kappa shape index (κ1) is 14.4. The molecular formula is C19H25NO. The fraction of sp³-hybridized carbons (Fsp3) is 0.474. The minimum absolute atomic E-state index is 0.285. The standard InChI is InChI=1S/C19H25NO/c1-15(20-13-7-3-2-4-8-14-20)17-12-11-16-9-5-6-10-18(16)19(17)21/h5-6,9-12,15,21H,2-4,7-8,13-14H2,1H3. The van der Waals surface area contributed by atoms with Gasteiger partial charge in [-0.2, -0.15) is 0 Å². The van der Waals surface area contributed by atoms with Gasteiger partial charge in [0.25, 0.3) is 0 Å². The summed E-state index contributed by atoms with van der Waals surface area (Å²) in [6.45, 7) is 4.52. The zero-order valence-corrected chi connectivity index (χ0v) is 12.9. The lowest BCUT2D eigenvalue weighted by molar-refractivity contribution is 0.189. The zero-order chi connectivity index (χ0) is 14.7. The highest BCUT2D eigenvalue weighted by Crippen LogP contribution is 2.35. The third kappa shape index (κ3) is 3.06. The van der Waals surface area contributed by atoms with E-state index in [1.54, 1.807) is 0 Å². The predicted octanol–water partition coefficient (Wildman–Crippen LogP) is 4.87. The predicted molar refractivity (Wildman–Crippen MR) is 88.7 cm³/mol. The van der Waals surface area contributed by atoms with E-state index in [1.165, 1.54) is 32.1 Å². The van der Waals surface area contributed by atoms with Crippen LogP contribution in [0.1, 0.15) is 50.6 Å². The molecule has 1 aliphatic heterocycles. The van der Waals surface area contributed by atoms with Crippen molar-refractivity contribution in [2.45, 2.75) is 45.1 Å². The number of phenolic OH excluding ortho intramolecular Hbond substituents is 1. The molecule has 0 aliphatic carbocycles. The molecule has 0 bridgehead atoms. The molecule has 2 heteroatoms. The van der Waals surface area contributed by atoms with E-state index < -0.39 is 0 Å². The Hall–Kier alpha value is -1.54. The fourth-order valence-electron chi connectivity index (χ4n) is 3.47. The minimum atomic E-state index is 0.285. The van der Waals surface area contributed by atoms with E-state index in [2.05, 4.69) is 30.0 Å². The molecule has 112 valence electrons. The summed E-state index contributed by atoms with van der Waals surface area (Å²) >= 11 is 0. The monoisotopic (exact) mass is 283 g/mol. The maximum absolute atomic E-state index is 10.6. The highest BCUT2D eigenvalue weighted by molar-refractivity contribution is 5.89. The molecule has 1 saturated heterocycles. The smallest absolute Gasteiger partial charge is 0.128 e. The summed E-state index contributed by atoms with van der Waals surface area (Å²) < 4.78 is 0. The first-order valence-electron chi connectivity index (χ1n) is 8.22. The second-order valence-electron chi connectivity index (χ2n) is 6.20. The number of hydrogen-bond donors (Lipinski definition) is 1. The quantitative estimate of drug-likeness (QED) is 0.849. The van der Waals surface area contributed by atoms with Gasteiger partial charge in [-0.1, -0.05) is 55.7 Å². The lowest BCUT2D eigenvalue weighted by atomic mass is 9.98. The summed E-state index contributed by atoms with van der Waals surface area (Å²) in [6.07, 6.45) is 6.61. The molecule has 2 aromatic carbocycles. The molecule has 0 radical (unpaired) electrons. The Labute approximate surface area is 127 Å². The first-order valence-corrected chi connectivity index (χ1v) is 8.22. The molecule has 1 aliphatic rings. The Morgan fingerprint density at radius 3 is 2.33 bits per heavy atom. The number of phenols is 1. The van der Waals surface area contributed by atoms with E-state index in [1.807, 2.05) is 18.2 Å². The molecule has 0 amide bonds. The highest BCUT2D eigenvalue weighted by Gasteiger charge is 2.20. The van der Waals surface area contributed by atoms with Gasteiger partial charge in [0.15, 0.2) is 0 Å². The van der Waals surface area contributed by atoms with Gasteiger partial charge in [-0.05, 0) is 38.2 Å². The van der Waals surface area contributed by atoms with Gasteiger partial charge in [0.2, 0.25) is 0 Å². The molecule has 2 aromatic rings. The van der Waals surface area contributed by atoms with Gasteiger partial charge >= 0.3 is 0 Å². The summed E-state index contributed by atoms with van der Waals surface area (Å²) in [5.74, 6) is 0.461. The third-order valence-electron chi connectivity index (χ3n) is 4.82. The fourth-order valence-corrected chi connectivity index (χ4v) is 3.47. The van der Waals surface area contributed by atoms with Crippen LogP contribution in [0.5, 0.6) is 5.75 Å². The van der Waals surface area contributed by atoms with Crippen LogP contribution in [0.25, 0.3) is 10.8 Å². The van der Waals surface area contributed by atoms with Crippen molar-refractivity contribution in [3.8, 4) is 5.75 Å². The average Bonchev–Trinajstić information content (AvgIpc) is 2.47. The second-order valence-corrected chi connectivity index (χ2v) is 6.20. The van der Waals surface area contributed by atoms with Crippen molar-refractivity contribution in [2.24, 2.45) is 0 Å². The van der Waals surface area contributed by atoms with E-state index in [0.717, 1.165) is 29.4 Å². The van der Waals surface area contributed by atoms with Crippen molar-refractivity contribution >= 4 is 10.8 Å². The molecule has 1 unspecified atom stereocenters. The van der Waals surface area contributed by atoms with Crippen molar-refractivity contribution in [2.75, 3.05) is 13.1 Å². The molecule has 0 aromatic heterocycles. The summed E-state index contributed by atoms with van der Waals surface area (Å²) in [5.41, 5.74) is 1.06. The minimum Gasteiger partial charge on any atom is -0.507 e. The zero-order valence-electron chi connectivity index (χ0n) is 12.9. The van der Waals surface area contributed by atoms with Gasteiger partial charge in [-0.3, -0.25) is 4.90 Å². The van der Waals surface area contributed by atoms with E-state index >= 15 is 0 Å². The summed E-state index contributed by atoms with van der Waals surface area (Å²) in [7, 11) is 0. The van der Waals surface area contributed by atoms with Gasteiger partial charge in [-0.25, -0.2) is 0 Å². The van der Waals surface area contributed by atoms with Crippen LogP contribution in [0.3, 0.4) is 0 Å². The molecule has 1 atom stereocenters. The number of aromatic hydroxyl groups is 1. The topological polar surface area (TPSA) is 23.5 Å². The molecular weight excluding hydrogens is 258 g/mol. The highest BCUT2D eigenvalue weighted by atomic mass is 16.3. The Balaban J connectivity index is 1.89. The van der Waals surface area contributed by atoms with E-state index in [-0.39, 0.29) is 6.04 Å². The average molecular weight is 283 g/mol. The molecule has 21 heavy (non-hydrogen) atoms. The van der Waals surface area contributed by atoms with Crippen LogP contribution < -0.4 is 0 Å². The summed E-state index contributed by atoms with van der Waals surface area (Å²) in [5, 5.41) is 12.7. The Bertz CT molecular complexity index is 600. The maximum Gasteiger partial charge on any atom is 0.128 e. The third-order valence-corrected chi connectivity index (χ3v) is 4.82. The van der Waals surface area contributed by atoms with E-state index in [9.17, 15) is 5.11 Å². The Kier molecular flexibility index (Phi) is 4.45. The summed E-state index contributed by atoms with van der Waals surface area (Å²) in [4.78, 5) is 2.53. The van der Waals surface area contributed by atoms with Crippen LogP contribution in [-0.4, -0.2) is 23.1 Å². The van der Waals surface area contributed by atoms with Crippen LogP contribution in [0.4, 0.5) is 0 Å². The lowest BCUT2D eigenvalue weighted by Crippen LogP contribution is -2.30. The van der Waals surface area contributed by atoms with Gasteiger partial charge < -0.3 is 5.11 Å². The molecule has 0 saturated carbocycles. The molecule has 0 spiro atoms. The number of rotatable bonds is 2. The van der Waals surface area contributed by atoms with E-state index in [0.29, 0.717) is 5.75 Å². The van der Waals surface area contributed by atoms with Crippen LogP contribution in [-0.2, 0) is 0 Å². The molecule has 3 rings (SSSR count). The molecule has 2 nitrogen and oxygen atoms in total. The Morgan fingerprint density at radius 2 is 1.57 bits per heavy atom. The van der Waals surface area contributed by atoms with Crippen LogP contribution in [0, 0.1) is 0 Å². The number of nitrogens with zero attached hydrogens (tertiary/aromatic N) is 1. The summed E-state index contributed by atoms with van der Waals surface area (Å²) in [6, 6.07) is 12.6. The Morgan fingerprint density at radius 1 is 0.905 bits per heavy atom.